The first-order valence-corrected chi connectivity index (χ1v) is 7.25. The van der Waals surface area contributed by atoms with E-state index in [2.05, 4.69) is 59.1 Å². The van der Waals surface area contributed by atoms with Gasteiger partial charge in [0.25, 0.3) is 0 Å². The van der Waals surface area contributed by atoms with Gasteiger partial charge < -0.3 is 5.32 Å². The molecule has 0 bridgehead atoms. The zero-order chi connectivity index (χ0) is 12.7. The van der Waals surface area contributed by atoms with Gasteiger partial charge in [-0.1, -0.05) is 20.8 Å². The van der Waals surface area contributed by atoms with Crippen molar-refractivity contribution in [3.05, 3.63) is 28.5 Å². The summed E-state index contributed by atoms with van der Waals surface area (Å²) in [6.07, 6.45) is 5.34. The molecule has 96 valence electrons. The number of hydrogen-bond acceptors (Lipinski definition) is 2. The summed E-state index contributed by atoms with van der Waals surface area (Å²) in [6, 6.07) is 4.78. The minimum Gasteiger partial charge on any atom is -0.314 e. The first-order valence-electron chi connectivity index (χ1n) is 6.45. The Bertz CT molecular complexity index is 309. The van der Waals surface area contributed by atoms with Gasteiger partial charge >= 0.3 is 0 Å². The predicted octanol–water partition coefficient (Wildman–Crippen LogP) is 3.80. The number of aromatic nitrogens is 1. The van der Waals surface area contributed by atoms with Crippen LogP contribution in [0.25, 0.3) is 0 Å². The third kappa shape index (κ3) is 6.18. The summed E-state index contributed by atoms with van der Waals surface area (Å²) in [5.41, 5.74) is 1.18. The molecule has 0 amide bonds. The molecule has 1 unspecified atom stereocenters. The Morgan fingerprint density at radius 3 is 2.65 bits per heavy atom. The molecule has 0 aromatic carbocycles. The van der Waals surface area contributed by atoms with E-state index >= 15 is 0 Å². The topological polar surface area (TPSA) is 24.9 Å². The molecule has 1 N–H and O–H groups in total. The van der Waals surface area contributed by atoms with E-state index in [0.29, 0.717) is 6.04 Å². The Kier molecular flexibility index (Phi) is 6.75. The molecular weight excluding hydrogens is 276 g/mol. The van der Waals surface area contributed by atoms with Gasteiger partial charge in [0.1, 0.15) is 0 Å². The number of aryl methyl sites for hydroxylation is 1. The third-order valence-corrected chi connectivity index (χ3v) is 3.26. The van der Waals surface area contributed by atoms with Crippen LogP contribution < -0.4 is 5.32 Å². The van der Waals surface area contributed by atoms with Crippen LogP contribution in [0.5, 0.6) is 0 Å². The van der Waals surface area contributed by atoms with Gasteiger partial charge in [0.2, 0.25) is 0 Å². The van der Waals surface area contributed by atoms with E-state index in [0.717, 1.165) is 23.4 Å². The minimum atomic E-state index is 0.616. The number of halogens is 1. The second-order valence-corrected chi connectivity index (χ2v) is 5.81. The van der Waals surface area contributed by atoms with Crippen LogP contribution >= 0.6 is 15.9 Å². The van der Waals surface area contributed by atoms with E-state index in [-0.39, 0.29) is 0 Å². The Morgan fingerprint density at radius 1 is 1.35 bits per heavy atom. The zero-order valence-electron chi connectivity index (χ0n) is 11.0. The second-order valence-electron chi connectivity index (χ2n) is 4.89. The molecule has 1 rings (SSSR count). The number of hydrogen-bond donors (Lipinski definition) is 1. The molecule has 3 heteroatoms. The SMILES string of the molecule is CCNC(CCc1ccc(Br)cn1)CC(C)C. The molecule has 1 heterocycles. The standard InChI is InChI=1S/C14H23BrN2/c1-4-16-14(9-11(2)3)8-7-13-6-5-12(15)10-17-13/h5-6,10-11,14,16H,4,7-9H2,1-3H3. The lowest BCUT2D eigenvalue weighted by Gasteiger charge is -2.19. The van der Waals surface area contributed by atoms with Crippen LogP contribution in [0.15, 0.2) is 22.8 Å². The highest BCUT2D eigenvalue weighted by molar-refractivity contribution is 9.10. The first-order chi connectivity index (χ1) is 8.11. The number of pyridine rings is 1. The lowest BCUT2D eigenvalue weighted by atomic mass is 9.99. The maximum Gasteiger partial charge on any atom is 0.0413 e. The minimum absolute atomic E-state index is 0.616. The molecular formula is C14H23BrN2. The van der Waals surface area contributed by atoms with Gasteiger partial charge in [-0.15, -0.1) is 0 Å². The van der Waals surface area contributed by atoms with Crippen LogP contribution in [0.4, 0.5) is 0 Å². The van der Waals surface area contributed by atoms with Crippen LogP contribution in [0.3, 0.4) is 0 Å². The number of nitrogens with zero attached hydrogens (tertiary/aromatic N) is 1. The van der Waals surface area contributed by atoms with Gasteiger partial charge in [-0.3, -0.25) is 4.98 Å². The zero-order valence-corrected chi connectivity index (χ0v) is 12.6. The summed E-state index contributed by atoms with van der Waals surface area (Å²) in [6.45, 7) is 7.78. The van der Waals surface area contributed by atoms with Gasteiger partial charge in [0, 0.05) is 22.4 Å². The van der Waals surface area contributed by atoms with E-state index in [1.807, 2.05) is 6.20 Å². The van der Waals surface area contributed by atoms with Gasteiger partial charge in [-0.05, 0) is 59.8 Å². The second kappa shape index (κ2) is 7.83. The van der Waals surface area contributed by atoms with Crippen LogP contribution in [0.1, 0.15) is 39.3 Å². The van der Waals surface area contributed by atoms with Crippen molar-refractivity contribution in [2.45, 2.75) is 46.1 Å². The average Bonchev–Trinajstić information content (AvgIpc) is 2.27. The van der Waals surface area contributed by atoms with Crippen molar-refractivity contribution in [1.29, 1.82) is 0 Å². The van der Waals surface area contributed by atoms with E-state index < -0.39 is 0 Å². The molecule has 0 saturated heterocycles. The molecule has 0 spiro atoms. The molecule has 0 saturated carbocycles. The van der Waals surface area contributed by atoms with E-state index in [1.165, 1.54) is 18.5 Å². The molecule has 0 fully saturated rings. The van der Waals surface area contributed by atoms with E-state index in [9.17, 15) is 0 Å². The van der Waals surface area contributed by atoms with Crippen molar-refractivity contribution >= 4 is 15.9 Å². The summed E-state index contributed by atoms with van der Waals surface area (Å²) in [5, 5.41) is 3.56. The third-order valence-electron chi connectivity index (χ3n) is 2.79. The normalized spacial score (nSPS) is 13.0. The first kappa shape index (κ1) is 14.7. The van der Waals surface area contributed by atoms with Crippen LogP contribution in [0.2, 0.25) is 0 Å². The fraction of sp³-hybridized carbons (Fsp3) is 0.643. The lowest BCUT2D eigenvalue weighted by Crippen LogP contribution is -2.30. The summed E-state index contributed by atoms with van der Waals surface area (Å²) in [7, 11) is 0. The molecule has 1 atom stereocenters. The largest absolute Gasteiger partial charge is 0.314 e. The van der Waals surface area contributed by atoms with Gasteiger partial charge in [-0.2, -0.15) is 0 Å². The summed E-state index contributed by atoms with van der Waals surface area (Å²) in [4.78, 5) is 4.41. The Hall–Kier alpha value is -0.410. The van der Waals surface area contributed by atoms with Crippen molar-refractivity contribution in [2.24, 2.45) is 5.92 Å². The molecule has 0 aliphatic carbocycles. The highest BCUT2D eigenvalue weighted by atomic mass is 79.9. The quantitative estimate of drug-likeness (QED) is 0.828. The lowest BCUT2D eigenvalue weighted by molar-refractivity contribution is 0.404. The van der Waals surface area contributed by atoms with Gasteiger partial charge in [0.05, 0.1) is 0 Å². The number of nitrogens with one attached hydrogen (secondary N) is 1. The van der Waals surface area contributed by atoms with Crippen molar-refractivity contribution in [3.8, 4) is 0 Å². The molecule has 17 heavy (non-hydrogen) atoms. The molecule has 2 nitrogen and oxygen atoms in total. The van der Waals surface area contributed by atoms with Crippen molar-refractivity contribution in [3.63, 3.8) is 0 Å². The maximum atomic E-state index is 4.41. The van der Waals surface area contributed by atoms with Gasteiger partial charge in [0.15, 0.2) is 0 Å². The molecule has 0 aliphatic rings. The average molecular weight is 299 g/mol. The summed E-state index contributed by atoms with van der Waals surface area (Å²) < 4.78 is 1.05. The molecule has 0 aliphatic heterocycles. The Balaban J connectivity index is 2.42. The fourth-order valence-electron chi connectivity index (χ4n) is 2.04. The Morgan fingerprint density at radius 2 is 2.12 bits per heavy atom. The van der Waals surface area contributed by atoms with Crippen LogP contribution in [-0.2, 0) is 6.42 Å². The monoisotopic (exact) mass is 298 g/mol. The Labute approximate surface area is 113 Å². The van der Waals surface area contributed by atoms with E-state index in [4.69, 9.17) is 0 Å². The van der Waals surface area contributed by atoms with Crippen molar-refractivity contribution < 1.29 is 0 Å². The highest BCUT2D eigenvalue weighted by Gasteiger charge is 2.09. The van der Waals surface area contributed by atoms with Crippen LogP contribution in [-0.4, -0.2) is 17.6 Å². The predicted molar refractivity (Wildman–Crippen MR) is 77.2 cm³/mol. The number of rotatable bonds is 7. The fourth-order valence-corrected chi connectivity index (χ4v) is 2.27. The molecule has 1 aromatic heterocycles. The van der Waals surface area contributed by atoms with Crippen LogP contribution in [0, 0.1) is 5.92 Å². The molecule has 0 radical (unpaired) electrons. The summed E-state index contributed by atoms with van der Waals surface area (Å²) in [5.74, 6) is 0.747. The van der Waals surface area contributed by atoms with Gasteiger partial charge in [-0.25, -0.2) is 0 Å². The maximum absolute atomic E-state index is 4.41. The molecule has 1 aromatic rings. The smallest absolute Gasteiger partial charge is 0.0413 e. The highest BCUT2D eigenvalue weighted by Crippen LogP contribution is 2.12. The van der Waals surface area contributed by atoms with Crippen molar-refractivity contribution in [2.75, 3.05) is 6.54 Å². The van der Waals surface area contributed by atoms with Crippen molar-refractivity contribution in [1.82, 2.24) is 10.3 Å². The van der Waals surface area contributed by atoms with E-state index in [1.54, 1.807) is 0 Å². The summed E-state index contributed by atoms with van der Waals surface area (Å²) >= 11 is 3.41.